The highest BCUT2D eigenvalue weighted by Gasteiger charge is 2.29. The second-order valence-corrected chi connectivity index (χ2v) is 4.61. The Bertz CT molecular complexity index is 443. The molecule has 0 aliphatic heterocycles. The SMILES string of the molecule is CC(C)N(C(=O)NCC(F)(F)F)c1ccc(CN)cc1. The first-order valence-electron chi connectivity index (χ1n) is 6.17. The molecular formula is C13H18F3N3O. The summed E-state index contributed by atoms with van der Waals surface area (Å²) in [4.78, 5) is 13.1. The van der Waals surface area contributed by atoms with Crippen molar-refractivity contribution in [1.29, 1.82) is 0 Å². The zero-order chi connectivity index (χ0) is 15.3. The molecule has 0 aliphatic rings. The van der Waals surface area contributed by atoms with Gasteiger partial charge in [0, 0.05) is 18.3 Å². The molecule has 1 aromatic carbocycles. The molecule has 0 spiro atoms. The monoisotopic (exact) mass is 289 g/mol. The molecule has 0 aromatic heterocycles. The molecule has 0 atom stereocenters. The molecule has 2 amide bonds. The number of nitrogens with one attached hydrogen (secondary N) is 1. The Morgan fingerprint density at radius 2 is 1.85 bits per heavy atom. The van der Waals surface area contributed by atoms with Gasteiger partial charge in [-0.1, -0.05) is 12.1 Å². The highest BCUT2D eigenvalue weighted by molar-refractivity contribution is 5.92. The van der Waals surface area contributed by atoms with Gasteiger partial charge in [-0.05, 0) is 31.5 Å². The van der Waals surface area contributed by atoms with Crippen molar-refractivity contribution in [3.8, 4) is 0 Å². The van der Waals surface area contributed by atoms with Gasteiger partial charge in [0.15, 0.2) is 0 Å². The van der Waals surface area contributed by atoms with Gasteiger partial charge in [-0.2, -0.15) is 13.2 Å². The minimum Gasteiger partial charge on any atom is -0.329 e. The van der Waals surface area contributed by atoms with Gasteiger partial charge in [-0.25, -0.2) is 4.79 Å². The summed E-state index contributed by atoms with van der Waals surface area (Å²) in [6.45, 7) is 2.46. The number of carbonyl (C=O) groups is 1. The van der Waals surface area contributed by atoms with E-state index >= 15 is 0 Å². The maximum absolute atomic E-state index is 12.1. The first-order valence-corrected chi connectivity index (χ1v) is 6.17. The normalized spacial score (nSPS) is 11.6. The van der Waals surface area contributed by atoms with Crippen molar-refractivity contribution >= 4 is 11.7 Å². The average Bonchev–Trinajstić information content (AvgIpc) is 2.36. The largest absolute Gasteiger partial charge is 0.405 e. The van der Waals surface area contributed by atoms with Gasteiger partial charge in [0.1, 0.15) is 6.54 Å². The topological polar surface area (TPSA) is 58.4 Å². The molecular weight excluding hydrogens is 271 g/mol. The van der Waals surface area contributed by atoms with Crippen LogP contribution in [0.15, 0.2) is 24.3 Å². The van der Waals surface area contributed by atoms with E-state index in [0.717, 1.165) is 5.56 Å². The van der Waals surface area contributed by atoms with Gasteiger partial charge < -0.3 is 11.1 Å². The number of amides is 2. The summed E-state index contributed by atoms with van der Waals surface area (Å²) in [5, 5.41) is 1.87. The molecule has 1 rings (SSSR count). The van der Waals surface area contributed by atoms with E-state index in [9.17, 15) is 18.0 Å². The van der Waals surface area contributed by atoms with Crippen LogP contribution in [-0.4, -0.2) is 24.8 Å². The summed E-state index contributed by atoms with van der Waals surface area (Å²) in [6.07, 6.45) is -4.43. The van der Waals surface area contributed by atoms with Crippen LogP contribution in [0.2, 0.25) is 0 Å². The number of anilines is 1. The van der Waals surface area contributed by atoms with Gasteiger partial charge in [0.25, 0.3) is 0 Å². The van der Waals surface area contributed by atoms with E-state index < -0.39 is 18.8 Å². The number of halogens is 3. The smallest absolute Gasteiger partial charge is 0.329 e. The number of nitrogens with zero attached hydrogens (tertiary/aromatic N) is 1. The predicted molar refractivity (Wildman–Crippen MR) is 71.4 cm³/mol. The van der Waals surface area contributed by atoms with Gasteiger partial charge >= 0.3 is 12.2 Å². The zero-order valence-electron chi connectivity index (χ0n) is 11.4. The lowest BCUT2D eigenvalue weighted by Crippen LogP contribution is -2.47. The fraction of sp³-hybridized carbons (Fsp3) is 0.462. The standard InChI is InChI=1S/C13H18F3N3O/c1-9(2)19(12(20)18-8-13(14,15)16)11-5-3-10(7-17)4-6-11/h3-6,9H,7-8,17H2,1-2H3,(H,18,20). The molecule has 0 heterocycles. The van der Waals surface area contributed by atoms with Crippen molar-refractivity contribution in [2.24, 2.45) is 5.73 Å². The lowest BCUT2D eigenvalue weighted by atomic mass is 10.2. The highest BCUT2D eigenvalue weighted by Crippen LogP contribution is 2.19. The zero-order valence-corrected chi connectivity index (χ0v) is 11.4. The first kappa shape index (κ1) is 16.3. The van der Waals surface area contributed by atoms with Crippen LogP contribution in [0.25, 0.3) is 0 Å². The Morgan fingerprint density at radius 3 is 2.25 bits per heavy atom. The summed E-state index contributed by atoms with van der Waals surface area (Å²) in [5.74, 6) is 0. The number of alkyl halides is 3. The number of hydrogen-bond acceptors (Lipinski definition) is 2. The summed E-state index contributed by atoms with van der Waals surface area (Å²) in [5.41, 5.74) is 6.88. The van der Waals surface area contributed by atoms with Crippen molar-refractivity contribution in [2.75, 3.05) is 11.4 Å². The minimum atomic E-state index is -4.43. The van der Waals surface area contributed by atoms with E-state index in [1.807, 2.05) is 5.32 Å². The molecule has 1 aromatic rings. The Morgan fingerprint density at radius 1 is 1.30 bits per heavy atom. The number of urea groups is 1. The number of benzene rings is 1. The molecule has 4 nitrogen and oxygen atoms in total. The first-order chi connectivity index (χ1) is 9.24. The Hall–Kier alpha value is -1.76. The van der Waals surface area contributed by atoms with Crippen molar-refractivity contribution < 1.29 is 18.0 Å². The van der Waals surface area contributed by atoms with Crippen LogP contribution in [0.1, 0.15) is 19.4 Å². The van der Waals surface area contributed by atoms with Gasteiger partial charge in [0.05, 0.1) is 0 Å². The second-order valence-electron chi connectivity index (χ2n) is 4.61. The fourth-order valence-electron chi connectivity index (χ4n) is 1.70. The molecule has 0 unspecified atom stereocenters. The van der Waals surface area contributed by atoms with E-state index in [4.69, 9.17) is 5.73 Å². The van der Waals surface area contributed by atoms with E-state index in [1.54, 1.807) is 38.1 Å². The molecule has 20 heavy (non-hydrogen) atoms. The Labute approximate surface area is 115 Å². The molecule has 0 saturated carbocycles. The maximum Gasteiger partial charge on any atom is 0.405 e. The van der Waals surface area contributed by atoms with Crippen molar-refractivity contribution in [3.63, 3.8) is 0 Å². The average molecular weight is 289 g/mol. The van der Waals surface area contributed by atoms with E-state index in [-0.39, 0.29) is 6.04 Å². The van der Waals surface area contributed by atoms with Crippen molar-refractivity contribution in [2.45, 2.75) is 32.6 Å². The molecule has 0 fully saturated rings. The summed E-state index contributed by atoms with van der Waals surface area (Å²) < 4.78 is 36.4. The predicted octanol–water partition coefficient (Wildman–Crippen LogP) is 2.63. The third kappa shape index (κ3) is 4.73. The van der Waals surface area contributed by atoms with Crippen LogP contribution < -0.4 is 16.0 Å². The molecule has 0 saturated heterocycles. The Kier molecular flexibility index (Phi) is 5.38. The Balaban J connectivity index is 2.85. The lowest BCUT2D eigenvalue weighted by molar-refractivity contribution is -0.122. The maximum atomic E-state index is 12.1. The van der Waals surface area contributed by atoms with Crippen molar-refractivity contribution in [1.82, 2.24) is 5.32 Å². The van der Waals surface area contributed by atoms with E-state index in [0.29, 0.717) is 12.2 Å². The minimum absolute atomic E-state index is 0.271. The quantitative estimate of drug-likeness (QED) is 0.895. The third-order valence-corrected chi connectivity index (χ3v) is 2.63. The van der Waals surface area contributed by atoms with Gasteiger partial charge in [-0.3, -0.25) is 4.90 Å². The molecule has 0 aliphatic carbocycles. The summed E-state index contributed by atoms with van der Waals surface area (Å²) in [7, 11) is 0. The fourth-order valence-corrected chi connectivity index (χ4v) is 1.70. The van der Waals surface area contributed by atoms with Crippen LogP contribution in [0.3, 0.4) is 0 Å². The number of nitrogens with two attached hydrogens (primary N) is 1. The molecule has 0 radical (unpaired) electrons. The molecule has 7 heteroatoms. The van der Waals surface area contributed by atoms with Crippen LogP contribution in [0, 0.1) is 0 Å². The van der Waals surface area contributed by atoms with Crippen LogP contribution in [0.5, 0.6) is 0 Å². The summed E-state index contributed by atoms with van der Waals surface area (Å²) >= 11 is 0. The van der Waals surface area contributed by atoms with Crippen LogP contribution in [0.4, 0.5) is 23.7 Å². The molecule has 0 bridgehead atoms. The van der Waals surface area contributed by atoms with Crippen LogP contribution in [-0.2, 0) is 6.54 Å². The second kappa shape index (κ2) is 6.60. The number of hydrogen-bond donors (Lipinski definition) is 2. The third-order valence-electron chi connectivity index (χ3n) is 2.63. The summed E-state index contributed by atoms with van der Waals surface area (Å²) in [6, 6.07) is 5.75. The molecule has 112 valence electrons. The van der Waals surface area contributed by atoms with Gasteiger partial charge in [-0.15, -0.1) is 0 Å². The highest BCUT2D eigenvalue weighted by atomic mass is 19.4. The molecule has 3 N–H and O–H groups in total. The lowest BCUT2D eigenvalue weighted by Gasteiger charge is -2.27. The number of rotatable bonds is 4. The van der Waals surface area contributed by atoms with E-state index in [2.05, 4.69) is 0 Å². The number of carbonyl (C=O) groups excluding carboxylic acids is 1. The van der Waals surface area contributed by atoms with E-state index in [1.165, 1.54) is 4.90 Å². The van der Waals surface area contributed by atoms with Gasteiger partial charge in [0.2, 0.25) is 0 Å². The van der Waals surface area contributed by atoms with Crippen LogP contribution >= 0.6 is 0 Å². The van der Waals surface area contributed by atoms with Crippen molar-refractivity contribution in [3.05, 3.63) is 29.8 Å².